The van der Waals surface area contributed by atoms with Crippen LogP contribution in [0.25, 0.3) is 0 Å². The summed E-state index contributed by atoms with van der Waals surface area (Å²) in [6.07, 6.45) is -3.63. The van der Waals surface area contributed by atoms with Gasteiger partial charge in [-0.2, -0.15) is 4.98 Å². The van der Waals surface area contributed by atoms with Crippen molar-refractivity contribution in [3.05, 3.63) is 22.7 Å². The van der Waals surface area contributed by atoms with Crippen LogP contribution >= 0.6 is 7.82 Å². The molecule has 4 atom stereocenters. The highest BCUT2D eigenvalue weighted by Gasteiger charge is 2.41. The first-order valence-electron chi connectivity index (χ1n) is 6.05. The molecule has 2 rings (SSSR count). The van der Waals surface area contributed by atoms with Crippen LogP contribution in [0.3, 0.4) is 0 Å². The quantitative estimate of drug-likeness (QED) is 0.656. The van der Waals surface area contributed by atoms with Crippen LogP contribution in [0.4, 0.5) is 10.2 Å². The molecule has 0 spiro atoms. The maximum absolute atomic E-state index is 14.0. The first-order chi connectivity index (χ1) is 9.67. The largest absolute Gasteiger partial charge is 0.469 e. The standard InChI is InChI=1S/C10H15FN3O6P/c1-5(20-21(16,17)18)7-4-6(11)9(19-7)14-3-2-8(12)13-10(14)15/h2-3,5-7,9H,4H2,1H3,(H2,12,13,15)(H2,16,17,18)/t5-,6-,7-,9+/m0/s1. The van der Waals surface area contributed by atoms with Crippen molar-refractivity contribution >= 4 is 13.6 Å². The lowest BCUT2D eigenvalue weighted by molar-refractivity contribution is -0.0625. The van der Waals surface area contributed by atoms with E-state index >= 15 is 0 Å². The molecule has 0 aromatic carbocycles. The predicted octanol–water partition coefficient (Wildman–Crippen LogP) is -0.0511. The fraction of sp³-hybridized carbons (Fsp3) is 0.600. The normalized spacial score (nSPS) is 27.7. The summed E-state index contributed by atoms with van der Waals surface area (Å²) in [5, 5.41) is 0. The lowest BCUT2D eigenvalue weighted by Gasteiger charge is -2.21. The number of nitrogens with two attached hydrogens (primary N) is 1. The third kappa shape index (κ3) is 3.86. The minimum atomic E-state index is -4.70. The second-order valence-electron chi connectivity index (χ2n) is 4.66. The molecule has 0 amide bonds. The average molecular weight is 323 g/mol. The van der Waals surface area contributed by atoms with Crippen LogP contribution in [0.15, 0.2) is 17.1 Å². The number of aromatic nitrogens is 2. The van der Waals surface area contributed by atoms with Crippen molar-refractivity contribution in [1.82, 2.24) is 9.55 Å². The molecule has 21 heavy (non-hydrogen) atoms. The van der Waals surface area contributed by atoms with Gasteiger partial charge in [-0.05, 0) is 13.0 Å². The molecule has 118 valence electrons. The Balaban J connectivity index is 2.14. The number of rotatable bonds is 4. The number of nitrogen functional groups attached to an aromatic ring is 1. The fourth-order valence-electron chi connectivity index (χ4n) is 2.10. The molecule has 1 aliphatic rings. The summed E-state index contributed by atoms with van der Waals surface area (Å²) in [6, 6.07) is 1.32. The van der Waals surface area contributed by atoms with Crippen molar-refractivity contribution in [2.75, 3.05) is 5.73 Å². The maximum Gasteiger partial charge on any atom is 0.469 e. The number of phosphoric ester groups is 1. The molecule has 0 radical (unpaired) electrons. The molecular weight excluding hydrogens is 308 g/mol. The van der Waals surface area contributed by atoms with E-state index in [9.17, 15) is 13.8 Å². The Kier molecular flexibility index (Phi) is 4.45. The van der Waals surface area contributed by atoms with Gasteiger partial charge in [0.05, 0.1) is 12.2 Å². The van der Waals surface area contributed by atoms with Gasteiger partial charge in [0.15, 0.2) is 6.23 Å². The first kappa shape index (κ1) is 16.1. The molecule has 0 aliphatic carbocycles. The van der Waals surface area contributed by atoms with Gasteiger partial charge in [0.1, 0.15) is 12.0 Å². The van der Waals surface area contributed by atoms with E-state index in [1.165, 1.54) is 19.2 Å². The van der Waals surface area contributed by atoms with E-state index in [-0.39, 0.29) is 12.2 Å². The van der Waals surface area contributed by atoms with E-state index in [4.69, 9.17) is 20.3 Å². The zero-order valence-corrected chi connectivity index (χ0v) is 11.9. The minimum Gasteiger partial charge on any atom is -0.383 e. The van der Waals surface area contributed by atoms with Gasteiger partial charge in [-0.1, -0.05) is 0 Å². The Morgan fingerprint density at radius 1 is 1.67 bits per heavy atom. The SMILES string of the molecule is C[C@H](OP(=O)(O)O)[C@@H]1C[C@H](F)[C@H](n2ccc(N)nc2=O)O1. The number of hydrogen-bond acceptors (Lipinski definition) is 6. The smallest absolute Gasteiger partial charge is 0.383 e. The van der Waals surface area contributed by atoms with Crippen LogP contribution < -0.4 is 11.4 Å². The Hall–Kier alpha value is -1.32. The summed E-state index contributed by atoms with van der Waals surface area (Å²) >= 11 is 0. The number of ether oxygens (including phenoxy) is 1. The molecule has 2 heterocycles. The van der Waals surface area contributed by atoms with Gasteiger partial charge >= 0.3 is 13.5 Å². The monoisotopic (exact) mass is 323 g/mol. The molecule has 1 aromatic rings. The van der Waals surface area contributed by atoms with Crippen LogP contribution in [-0.2, 0) is 13.8 Å². The summed E-state index contributed by atoms with van der Waals surface area (Å²) in [7, 11) is -4.70. The van der Waals surface area contributed by atoms with Crippen molar-refractivity contribution < 1.29 is 28.0 Å². The molecular formula is C10H15FN3O6P. The predicted molar refractivity (Wildman–Crippen MR) is 68.9 cm³/mol. The number of phosphoric acid groups is 1. The van der Waals surface area contributed by atoms with Crippen molar-refractivity contribution in [3.8, 4) is 0 Å². The molecule has 0 saturated carbocycles. The number of anilines is 1. The van der Waals surface area contributed by atoms with E-state index in [1.54, 1.807) is 0 Å². The third-order valence-electron chi connectivity index (χ3n) is 3.03. The van der Waals surface area contributed by atoms with E-state index in [1.807, 2.05) is 0 Å². The van der Waals surface area contributed by atoms with Crippen LogP contribution in [0.1, 0.15) is 19.6 Å². The Morgan fingerprint density at radius 3 is 2.90 bits per heavy atom. The molecule has 0 unspecified atom stereocenters. The Labute approximate surface area is 118 Å². The first-order valence-corrected chi connectivity index (χ1v) is 7.58. The Morgan fingerprint density at radius 2 is 2.33 bits per heavy atom. The van der Waals surface area contributed by atoms with E-state index in [0.717, 1.165) is 4.57 Å². The van der Waals surface area contributed by atoms with Gasteiger partial charge < -0.3 is 20.3 Å². The van der Waals surface area contributed by atoms with Gasteiger partial charge in [-0.3, -0.25) is 9.09 Å². The number of nitrogens with zero attached hydrogens (tertiary/aromatic N) is 2. The zero-order valence-electron chi connectivity index (χ0n) is 11.0. The topological polar surface area (TPSA) is 137 Å². The van der Waals surface area contributed by atoms with Crippen molar-refractivity contribution in [2.45, 2.75) is 38.0 Å². The highest BCUT2D eigenvalue weighted by Crippen LogP contribution is 2.41. The highest BCUT2D eigenvalue weighted by molar-refractivity contribution is 7.46. The van der Waals surface area contributed by atoms with E-state index in [0.29, 0.717) is 0 Å². The highest BCUT2D eigenvalue weighted by atomic mass is 31.2. The summed E-state index contributed by atoms with van der Waals surface area (Å²) in [4.78, 5) is 32.6. The summed E-state index contributed by atoms with van der Waals surface area (Å²) < 4.78 is 35.5. The number of halogens is 1. The minimum absolute atomic E-state index is 0.000550. The Bertz CT molecular complexity index is 619. The van der Waals surface area contributed by atoms with Crippen LogP contribution in [0.5, 0.6) is 0 Å². The van der Waals surface area contributed by atoms with Crippen molar-refractivity contribution in [1.29, 1.82) is 0 Å². The maximum atomic E-state index is 14.0. The summed E-state index contributed by atoms with van der Waals surface area (Å²) in [5.41, 5.74) is 4.57. The van der Waals surface area contributed by atoms with Crippen LogP contribution in [0, 0.1) is 0 Å². The van der Waals surface area contributed by atoms with Crippen molar-refractivity contribution in [3.63, 3.8) is 0 Å². The second kappa shape index (κ2) is 5.82. The summed E-state index contributed by atoms with van der Waals surface area (Å²) in [6.45, 7) is 1.35. The van der Waals surface area contributed by atoms with Crippen LogP contribution in [0.2, 0.25) is 0 Å². The fourth-order valence-corrected chi connectivity index (χ4v) is 2.67. The lowest BCUT2D eigenvalue weighted by atomic mass is 10.1. The van der Waals surface area contributed by atoms with E-state index in [2.05, 4.69) is 9.51 Å². The van der Waals surface area contributed by atoms with Gasteiger partial charge in [0.2, 0.25) is 0 Å². The average Bonchev–Trinajstić information content (AvgIpc) is 2.69. The summed E-state index contributed by atoms with van der Waals surface area (Å²) in [5.74, 6) is -0.000550. The number of alkyl halides is 1. The lowest BCUT2D eigenvalue weighted by Crippen LogP contribution is -2.31. The van der Waals surface area contributed by atoms with E-state index < -0.39 is 38.1 Å². The molecule has 1 fully saturated rings. The molecule has 9 nitrogen and oxygen atoms in total. The molecule has 1 aromatic heterocycles. The van der Waals surface area contributed by atoms with Gasteiger partial charge in [0, 0.05) is 12.6 Å². The van der Waals surface area contributed by atoms with Crippen molar-refractivity contribution in [2.24, 2.45) is 0 Å². The van der Waals surface area contributed by atoms with Gasteiger partial charge in [-0.15, -0.1) is 0 Å². The van der Waals surface area contributed by atoms with Crippen LogP contribution in [-0.4, -0.2) is 37.7 Å². The second-order valence-corrected chi connectivity index (χ2v) is 5.85. The number of hydrogen-bond donors (Lipinski definition) is 3. The molecule has 1 aliphatic heterocycles. The zero-order chi connectivity index (χ0) is 15.8. The van der Waals surface area contributed by atoms with Gasteiger partial charge in [0.25, 0.3) is 0 Å². The molecule has 0 bridgehead atoms. The molecule has 11 heteroatoms. The molecule has 1 saturated heterocycles. The third-order valence-corrected chi connectivity index (χ3v) is 3.64. The molecule has 4 N–H and O–H groups in total. The van der Waals surface area contributed by atoms with Gasteiger partial charge in [-0.25, -0.2) is 13.8 Å².